The molecular formula is C27H26F3N7O2. The molecule has 39 heavy (non-hydrogen) atoms. The Hall–Kier alpha value is -4.63. The number of amides is 1. The number of alkyl halides is 3. The molecule has 1 amide bonds. The second-order valence-corrected chi connectivity index (χ2v) is 9.11. The van der Waals surface area contributed by atoms with E-state index in [1.807, 2.05) is 25.1 Å². The molecule has 2 aromatic heterocycles. The van der Waals surface area contributed by atoms with Crippen molar-refractivity contribution < 1.29 is 18.0 Å². The average Bonchev–Trinajstić information content (AvgIpc) is 3.47. The minimum Gasteiger partial charge on any atom is -0.337 e. The Morgan fingerprint density at radius 1 is 1.10 bits per heavy atom. The van der Waals surface area contributed by atoms with Gasteiger partial charge in [0, 0.05) is 6.54 Å². The van der Waals surface area contributed by atoms with Gasteiger partial charge in [-0.1, -0.05) is 6.07 Å². The van der Waals surface area contributed by atoms with Gasteiger partial charge in [0.05, 0.1) is 46.2 Å². The number of nitrogens with zero attached hydrogens (tertiary/aromatic N) is 6. The van der Waals surface area contributed by atoms with E-state index in [-0.39, 0.29) is 23.6 Å². The number of hydrogen-bond donors (Lipinski definition) is 1. The highest BCUT2D eigenvalue weighted by Crippen LogP contribution is 2.32. The van der Waals surface area contributed by atoms with Gasteiger partial charge >= 0.3 is 17.9 Å². The lowest BCUT2D eigenvalue weighted by Crippen LogP contribution is -2.38. The van der Waals surface area contributed by atoms with Crippen LogP contribution >= 0.6 is 0 Å². The molecule has 0 spiro atoms. The van der Waals surface area contributed by atoms with E-state index >= 15 is 0 Å². The van der Waals surface area contributed by atoms with Crippen molar-refractivity contribution in [1.82, 2.24) is 29.1 Å². The van der Waals surface area contributed by atoms with E-state index in [4.69, 9.17) is 5.26 Å². The van der Waals surface area contributed by atoms with Crippen LogP contribution in [0.4, 0.5) is 18.0 Å². The minimum atomic E-state index is -4.61. The van der Waals surface area contributed by atoms with Gasteiger partial charge in [0.25, 0.3) is 0 Å². The van der Waals surface area contributed by atoms with Crippen LogP contribution in [0.2, 0.25) is 0 Å². The van der Waals surface area contributed by atoms with Crippen LogP contribution in [0.25, 0.3) is 22.8 Å². The van der Waals surface area contributed by atoms with E-state index in [0.29, 0.717) is 29.9 Å². The van der Waals surface area contributed by atoms with Crippen molar-refractivity contribution in [2.45, 2.75) is 19.5 Å². The van der Waals surface area contributed by atoms with Crippen molar-refractivity contribution in [3.63, 3.8) is 0 Å². The Morgan fingerprint density at radius 3 is 2.46 bits per heavy atom. The Kier molecular flexibility index (Phi) is 7.73. The molecule has 0 aliphatic carbocycles. The van der Waals surface area contributed by atoms with E-state index in [1.54, 1.807) is 37.3 Å². The highest BCUT2D eigenvalue weighted by molar-refractivity contribution is 5.83. The van der Waals surface area contributed by atoms with E-state index < -0.39 is 23.5 Å². The minimum absolute atomic E-state index is 0.0304. The second kappa shape index (κ2) is 11.0. The van der Waals surface area contributed by atoms with Gasteiger partial charge in [-0.15, -0.1) is 0 Å². The summed E-state index contributed by atoms with van der Waals surface area (Å²) >= 11 is 0. The number of imidazole rings is 1. The molecule has 0 aliphatic heterocycles. The maximum atomic E-state index is 13.7. The highest BCUT2D eigenvalue weighted by Gasteiger charge is 2.32. The van der Waals surface area contributed by atoms with Crippen LogP contribution in [-0.4, -0.2) is 57.0 Å². The number of carbonyl (C=O) groups is 1. The Labute approximate surface area is 222 Å². The normalized spacial score (nSPS) is 11.5. The summed E-state index contributed by atoms with van der Waals surface area (Å²) in [5.41, 5.74) is 0.0121. The third-order valence-corrected chi connectivity index (χ3v) is 6.10. The maximum Gasteiger partial charge on any atom is 0.416 e. The molecule has 0 atom stereocenters. The molecule has 0 bridgehead atoms. The predicted octanol–water partition coefficient (Wildman–Crippen LogP) is 4.20. The summed E-state index contributed by atoms with van der Waals surface area (Å²) in [5.74, 6) is 0. The zero-order chi connectivity index (χ0) is 28.3. The van der Waals surface area contributed by atoms with Crippen molar-refractivity contribution in [3.8, 4) is 28.8 Å². The number of benzene rings is 2. The van der Waals surface area contributed by atoms with Crippen molar-refractivity contribution in [3.05, 3.63) is 88.1 Å². The molecule has 0 radical (unpaired) electrons. The first-order valence-electron chi connectivity index (χ1n) is 12.0. The molecule has 4 aromatic rings. The van der Waals surface area contributed by atoms with Gasteiger partial charge in [0.1, 0.15) is 5.69 Å². The fourth-order valence-electron chi connectivity index (χ4n) is 4.26. The van der Waals surface area contributed by atoms with Gasteiger partial charge < -0.3 is 10.2 Å². The summed E-state index contributed by atoms with van der Waals surface area (Å²) in [6.45, 7) is 2.55. The Bertz CT molecular complexity index is 1590. The summed E-state index contributed by atoms with van der Waals surface area (Å²) < 4.78 is 43.9. The van der Waals surface area contributed by atoms with Crippen LogP contribution in [0.15, 0.2) is 65.6 Å². The van der Waals surface area contributed by atoms with Crippen molar-refractivity contribution in [1.29, 1.82) is 5.26 Å². The van der Waals surface area contributed by atoms with Gasteiger partial charge in [0.15, 0.2) is 0 Å². The molecule has 4 rings (SSSR count). The summed E-state index contributed by atoms with van der Waals surface area (Å²) in [6.07, 6.45) is -2.51. The van der Waals surface area contributed by atoms with Crippen LogP contribution in [0.1, 0.15) is 23.2 Å². The standard InChI is InChI=1S/C27H26F3N7O2/c1-18-24(23-12-14-33-37(23)21-10-8-19(17-31)9-11-21)36(25(38)32-13-5-15-34(2)3)26(39)35(18)22-7-4-6-20(16-22)27(28,29)30/h4,6-12,14,16H,5,13,15H2,1-3H3,(H,32,38). The Balaban J connectivity index is 1.89. The number of aromatic nitrogens is 4. The molecule has 0 saturated heterocycles. The van der Waals surface area contributed by atoms with Gasteiger partial charge in [-0.2, -0.15) is 23.5 Å². The second-order valence-electron chi connectivity index (χ2n) is 9.11. The molecule has 1 N–H and O–H groups in total. The van der Waals surface area contributed by atoms with Crippen LogP contribution in [0.3, 0.4) is 0 Å². The molecule has 202 valence electrons. The topological polar surface area (TPSA) is 101 Å². The van der Waals surface area contributed by atoms with Crippen molar-refractivity contribution in [2.75, 3.05) is 27.2 Å². The fraction of sp³-hybridized carbons (Fsp3) is 0.259. The van der Waals surface area contributed by atoms with Crippen LogP contribution < -0.4 is 11.0 Å². The summed E-state index contributed by atoms with van der Waals surface area (Å²) in [7, 11) is 3.79. The molecule has 2 aromatic carbocycles. The predicted molar refractivity (Wildman–Crippen MR) is 139 cm³/mol. The fourth-order valence-corrected chi connectivity index (χ4v) is 4.26. The average molecular weight is 538 g/mol. The van der Waals surface area contributed by atoms with Gasteiger partial charge in [-0.3, -0.25) is 4.57 Å². The first kappa shape index (κ1) is 27.4. The zero-order valence-corrected chi connectivity index (χ0v) is 21.5. The first-order chi connectivity index (χ1) is 18.5. The SMILES string of the molecule is Cc1c(-c2ccnn2-c2ccc(C#N)cc2)n(C(=O)NCCCN(C)C)c(=O)n1-c1cccc(C(F)(F)F)c1. The monoisotopic (exact) mass is 537 g/mol. The molecule has 0 saturated carbocycles. The summed E-state index contributed by atoms with van der Waals surface area (Å²) in [4.78, 5) is 29.0. The Morgan fingerprint density at radius 2 is 1.82 bits per heavy atom. The molecule has 2 heterocycles. The quantitative estimate of drug-likeness (QED) is 0.356. The number of rotatable bonds is 7. The molecular weight excluding hydrogens is 511 g/mol. The smallest absolute Gasteiger partial charge is 0.337 e. The molecule has 0 fully saturated rings. The number of halogens is 3. The van der Waals surface area contributed by atoms with Crippen LogP contribution in [-0.2, 0) is 6.18 Å². The van der Waals surface area contributed by atoms with Gasteiger partial charge in [-0.25, -0.2) is 18.8 Å². The lowest BCUT2D eigenvalue weighted by molar-refractivity contribution is -0.137. The van der Waals surface area contributed by atoms with E-state index in [9.17, 15) is 22.8 Å². The number of nitriles is 1. The van der Waals surface area contributed by atoms with Crippen LogP contribution in [0, 0.1) is 18.3 Å². The van der Waals surface area contributed by atoms with Gasteiger partial charge in [-0.05, 0) is 82.5 Å². The lowest BCUT2D eigenvalue weighted by Gasteiger charge is -2.12. The van der Waals surface area contributed by atoms with E-state index in [2.05, 4.69) is 10.4 Å². The van der Waals surface area contributed by atoms with Crippen LogP contribution in [0.5, 0.6) is 0 Å². The third-order valence-electron chi connectivity index (χ3n) is 6.10. The first-order valence-corrected chi connectivity index (χ1v) is 12.0. The molecule has 0 unspecified atom stereocenters. The van der Waals surface area contributed by atoms with Crippen molar-refractivity contribution in [2.24, 2.45) is 0 Å². The third kappa shape index (κ3) is 5.63. The van der Waals surface area contributed by atoms with Crippen molar-refractivity contribution >= 4 is 6.03 Å². The number of hydrogen-bond acceptors (Lipinski definition) is 5. The van der Waals surface area contributed by atoms with E-state index in [0.717, 1.165) is 21.3 Å². The highest BCUT2D eigenvalue weighted by atomic mass is 19.4. The molecule has 9 nitrogen and oxygen atoms in total. The molecule has 12 heteroatoms. The largest absolute Gasteiger partial charge is 0.416 e. The number of carbonyl (C=O) groups excluding carboxylic acids is 1. The zero-order valence-electron chi connectivity index (χ0n) is 21.5. The lowest BCUT2D eigenvalue weighted by atomic mass is 10.2. The maximum absolute atomic E-state index is 13.7. The van der Waals surface area contributed by atoms with Gasteiger partial charge in [0.2, 0.25) is 0 Å². The van der Waals surface area contributed by atoms with E-state index in [1.165, 1.54) is 23.0 Å². The number of nitrogens with one attached hydrogen (secondary N) is 1. The molecule has 0 aliphatic rings. The summed E-state index contributed by atoms with van der Waals surface area (Å²) in [5, 5.41) is 16.2. The summed E-state index contributed by atoms with van der Waals surface area (Å²) in [6, 6.07) is 13.8.